The van der Waals surface area contributed by atoms with E-state index in [1.54, 1.807) is 10.7 Å². The summed E-state index contributed by atoms with van der Waals surface area (Å²) < 4.78 is 1.64. The Morgan fingerprint density at radius 3 is 2.56 bits per heavy atom. The van der Waals surface area contributed by atoms with Crippen molar-refractivity contribution in [3.8, 4) is 11.1 Å². The zero-order valence-electron chi connectivity index (χ0n) is 14.7. The average molecular weight is 358 g/mol. The van der Waals surface area contributed by atoms with Crippen LogP contribution in [0.3, 0.4) is 0 Å². The van der Waals surface area contributed by atoms with Crippen LogP contribution < -0.4 is 16.4 Å². The molecule has 2 amide bonds. The largest absolute Gasteiger partial charge is 0.380 e. The maximum Gasteiger partial charge on any atom is 0.323 e. The van der Waals surface area contributed by atoms with Crippen molar-refractivity contribution in [2.24, 2.45) is 0 Å². The molecule has 2 heterocycles. The van der Waals surface area contributed by atoms with Gasteiger partial charge in [0, 0.05) is 23.1 Å². The van der Waals surface area contributed by atoms with Crippen LogP contribution in [0, 0.1) is 6.92 Å². The molecule has 0 saturated carbocycles. The molecule has 0 aliphatic rings. The fourth-order valence-corrected chi connectivity index (χ4v) is 2.95. The van der Waals surface area contributed by atoms with Gasteiger partial charge in [0.1, 0.15) is 5.52 Å². The Bertz CT molecular complexity index is 1120. The van der Waals surface area contributed by atoms with Gasteiger partial charge in [-0.3, -0.25) is 0 Å². The normalized spacial score (nSPS) is 10.7. The van der Waals surface area contributed by atoms with Crippen molar-refractivity contribution < 1.29 is 4.79 Å². The number of urea groups is 1. The highest BCUT2D eigenvalue weighted by atomic mass is 16.2. The van der Waals surface area contributed by atoms with E-state index in [9.17, 15) is 4.79 Å². The summed E-state index contributed by atoms with van der Waals surface area (Å²) in [6.45, 7) is 1.98. The minimum Gasteiger partial charge on any atom is -0.380 e. The molecule has 4 N–H and O–H groups in total. The Morgan fingerprint density at radius 1 is 1.00 bits per heavy atom. The standard InChI is InChI=1S/C20H18N6O/c1-13-4-2-5-16(12-13)23-20(27)22-15-9-7-14(8-10-15)17-6-3-11-26-18(17)19(21)24-25-26/h2-12H,21H2,1H3,(H2,22,23,27). The highest BCUT2D eigenvalue weighted by Gasteiger charge is 2.10. The topological polar surface area (TPSA) is 97.3 Å². The van der Waals surface area contributed by atoms with E-state index in [0.29, 0.717) is 11.5 Å². The Labute approximate surface area is 155 Å². The third kappa shape index (κ3) is 3.43. The van der Waals surface area contributed by atoms with Crippen LogP contribution in [-0.4, -0.2) is 20.9 Å². The first kappa shape index (κ1) is 16.6. The number of benzene rings is 2. The van der Waals surface area contributed by atoms with Crippen molar-refractivity contribution in [2.45, 2.75) is 6.92 Å². The lowest BCUT2D eigenvalue weighted by Crippen LogP contribution is -2.19. The number of hydrogen-bond donors (Lipinski definition) is 3. The second-order valence-electron chi connectivity index (χ2n) is 6.22. The van der Waals surface area contributed by atoms with E-state index in [2.05, 4.69) is 20.9 Å². The van der Waals surface area contributed by atoms with Gasteiger partial charge in [-0.15, -0.1) is 5.10 Å². The first-order chi connectivity index (χ1) is 13.1. The molecular weight excluding hydrogens is 340 g/mol. The van der Waals surface area contributed by atoms with Crippen LogP contribution in [0.2, 0.25) is 0 Å². The summed E-state index contributed by atoms with van der Waals surface area (Å²) in [5.41, 5.74) is 11.1. The molecule has 0 unspecified atom stereocenters. The fourth-order valence-electron chi connectivity index (χ4n) is 2.95. The van der Waals surface area contributed by atoms with Crippen LogP contribution in [0.1, 0.15) is 5.56 Å². The quantitative estimate of drug-likeness (QED) is 0.517. The number of hydrogen-bond acceptors (Lipinski definition) is 4. The molecule has 4 aromatic rings. The average Bonchev–Trinajstić information content (AvgIpc) is 3.04. The smallest absolute Gasteiger partial charge is 0.323 e. The molecule has 0 bridgehead atoms. The number of nitrogens with two attached hydrogens (primary N) is 1. The van der Waals surface area contributed by atoms with Gasteiger partial charge in [0.15, 0.2) is 5.82 Å². The third-order valence-electron chi connectivity index (χ3n) is 4.20. The summed E-state index contributed by atoms with van der Waals surface area (Å²) in [6, 6.07) is 18.7. The fraction of sp³-hybridized carbons (Fsp3) is 0.0500. The Morgan fingerprint density at radius 2 is 1.78 bits per heavy atom. The van der Waals surface area contributed by atoms with Crippen LogP contribution in [0.25, 0.3) is 16.6 Å². The summed E-state index contributed by atoms with van der Waals surface area (Å²) in [5, 5.41) is 13.5. The van der Waals surface area contributed by atoms with Crippen LogP contribution in [-0.2, 0) is 0 Å². The zero-order chi connectivity index (χ0) is 18.8. The first-order valence-electron chi connectivity index (χ1n) is 8.45. The van der Waals surface area contributed by atoms with Gasteiger partial charge in [0.25, 0.3) is 0 Å². The molecule has 0 aliphatic carbocycles. The van der Waals surface area contributed by atoms with E-state index < -0.39 is 0 Å². The SMILES string of the molecule is Cc1cccc(NC(=O)Nc2ccc(-c3cccn4nnc(N)c34)cc2)c1. The number of amides is 2. The molecule has 0 spiro atoms. The van der Waals surface area contributed by atoms with Crippen LogP contribution in [0.15, 0.2) is 66.9 Å². The van der Waals surface area contributed by atoms with Crippen molar-refractivity contribution in [1.82, 2.24) is 14.8 Å². The van der Waals surface area contributed by atoms with Gasteiger partial charge >= 0.3 is 6.03 Å². The maximum atomic E-state index is 12.2. The molecule has 7 nitrogen and oxygen atoms in total. The summed E-state index contributed by atoms with van der Waals surface area (Å²) in [7, 11) is 0. The van der Waals surface area contributed by atoms with Gasteiger partial charge in [0.2, 0.25) is 0 Å². The number of carbonyl (C=O) groups excluding carboxylic acids is 1. The zero-order valence-corrected chi connectivity index (χ0v) is 14.7. The summed E-state index contributed by atoms with van der Waals surface area (Å²) in [4.78, 5) is 12.2. The van der Waals surface area contributed by atoms with Crippen molar-refractivity contribution in [1.29, 1.82) is 0 Å². The molecule has 2 aromatic carbocycles. The number of fused-ring (bicyclic) bond motifs is 1. The number of anilines is 3. The van der Waals surface area contributed by atoms with E-state index >= 15 is 0 Å². The van der Waals surface area contributed by atoms with Crippen molar-refractivity contribution >= 4 is 28.7 Å². The minimum atomic E-state index is -0.292. The van der Waals surface area contributed by atoms with Crippen molar-refractivity contribution in [2.75, 3.05) is 16.4 Å². The van der Waals surface area contributed by atoms with Gasteiger partial charge in [-0.05, 0) is 48.4 Å². The lowest BCUT2D eigenvalue weighted by molar-refractivity contribution is 0.262. The first-order valence-corrected chi connectivity index (χ1v) is 8.45. The Hall–Kier alpha value is -3.87. The van der Waals surface area contributed by atoms with E-state index in [4.69, 9.17) is 5.73 Å². The van der Waals surface area contributed by atoms with Gasteiger partial charge in [0.05, 0.1) is 0 Å². The van der Waals surface area contributed by atoms with E-state index in [1.165, 1.54) is 0 Å². The monoisotopic (exact) mass is 358 g/mol. The number of aryl methyl sites for hydroxylation is 1. The molecule has 0 radical (unpaired) electrons. The molecule has 7 heteroatoms. The maximum absolute atomic E-state index is 12.2. The van der Waals surface area contributed by atoms with Crippen LogP contribution >= 0.6 is 0 Å². The number of rotatable bonds is 3. The molecule has 0 atom stereocenters. The highest BCUT2D eigenvalue weighted by molar-refractivity contribution is 6.00. The van der Waals surface area contributed by atoms with Crippen LogP contribution in [0.4, 0.5) is 22.0 Å². The number of aromatic nitrogens is 3. The van der Waals surface area contributed by atoms with Crippen molar-refractivity contribution in [3.63, 3.8) is 0 Å². The van der Waals surface area contributed by atoms with Crippen molar-refractivity contribution in [3.05, 3.63) is 72.4 Å². The molecule has 134 valence electrons. The van der Waals surface area contributed by atoms with Crippen LogP contribution in [0.5, 0.6) is 0 Å². The van der Waals surface area contributed by atoms with Gasteiger partial charge < -0.3 is 16.4 Å². The molecule has 27 heavy (non-hydrogen) atoms. The number of nitrogens with one attached hydrogen (secondary N) is 2. The number of carbonyl (C=O) groups is 1. The predicted octanol–water partition coefficient (Wildman–Crippen LogP) is 3.93. The second-order valence-corrected chi connectivity index (χ2v) is 6.22. The lowest BCUT2D eigenvalue weighted by Gasteiger charge is -2.09. The van der Waals surface area contributed by atoms with E-state index in [0.717, 1.165) is 27.9 Å². The highest BCUT2D eigenvalue weighted by Crippen LogP contribution is 2.28. The Balaban J connectivity index is 1.52. The van der Waals surface area contributed by atoms with E-state index in [1.807, 2.05) is 67.6 Å². The molecule has 4 rings (SSSR count). The number of pyridine rings is 1. The van der Waals surface area contributed by atoms with E-state index in [-0.39, 0.29) is 6.03 Å². The molecule has 0 aliphatic heterocycles. The summed E-state index contributed by atoms with van der Waals surface area (Å²) >= 11 is 0. The number of nitrogens with zero attached hydrogens (tertiary/aromatic N) is 3. The van der Waals surface area contributed by atoms with Gasteiger partial charge in [-0.1, -0.05) is 35.5 Å². The number of nitrogen functional groups attached to an aromatic ring is 1. The summed E-state index contributed by atoms with van der Waals surface area (Å²) in [5.74, 6) is 0.380. The lowest BCUT2D eigenvalue weighted by atomic mass is 10.1. The molecular formula is C20H18N6O. The Kier molecular flexibility index (Phi) is 4.18. The third-order valence-corrected chi connectivity index (χ3v) is 4.20. The molecule has 2 aromatic heterocycles. The second kappa shape index (κ2) is 6.80. The summed E-state index contributed by atoms with van der Waals surface area (Å²) in [6.07, 6.45) is 1.80. The van der Waals surface area contributed by atoms with Gasteiger partial charge in [-0.2, -0.15) is 0 Å². The molecule has 0 fully saturated rings. The predicted molar refractivity (Wildman–Crippen MR) is 107 cm³/mol. The van der Waals surface area contributed by atoms with Gasteiger partial charge in [-0.25, -0.2) is 9.31 Å². The minimum absolute atomic E-state index is 0.292. The molecule has 0 saturated heterocycles.